The molecular weight excluding hydrogens is 276 g/mol. The Bertz CT molecular complexity index is 435. The molecule has 5 nitrogen and oxygen atoms in total. The van der Waals surface area contributed by atoms with Gasteiger partial charge in [0.2, 0.25) is 5.91 Å². The van der Waals surface area contributed by atoms with Crippen LogP contribution < -0.4 is 11.1 Å². The number of rotatable bonds is 9. The van der Waals surface area contributed by atoms with Crippen molar-refractivity contribution in [3.63, 3.8) is 0 Å². The maximum Gasteiger partial charge on any atom is 0.225 e. The van der Waals surface area contributed by atoms with E-state index in [9.17, 15) is 9.00 Å². The lowest BCUT2D eigenvalue weighted by Crippen LogP contribution is -2.16. The number of carbonyl (C=O) groups excluding carboxylic acids is 1. The molecular formula is C14H22N2O3S. The van der Waals surface area contributed by atoms with Crippen LogP contribution in [0.5, 0.6) is 0 Å². The van der Waals surface area contributed by atoms with Crippen LogP contribution in [0.3, 0.4) is 0 Å². The molecule has 1 rings (SSSR count). The molecule has 0 radical (unpaired) electrons. The minimum absolute atomic E-state index is 0.120. The van der Waals surface area contributed by atoms with E-state index in [-0.39, 0.29) is 12.3 Å². The van der Waals surface area contributed by atoms with Gasteiger partial charge in [-0.15, -0.1) is 0 Å². The molecule has 112 valence electrons. The molecule has 0 saturated carbocycles. The Morgan fingerprint density at radius 3 is 2.60 bits per heavy atom. The van der Waals surface area contributed by atoms with Gasteiger partial charge in [-0.25, -0.2) is 0 Å². The number of amides is 1. The number of hydrogen-bond acceptors (Lipinski definition) is 4. The average molecular weight is 298 g/mol. The highest BCUT2D eigenvalue weighted by atomic mass is 32.2. The molecule has 1 unspecified atom stereocenters. The van der Waals surface area contributed by atoms with E-state index in [1.165, 1.54) is 0 Å². The predicted molar refractivity (Wildman–Crippen MR) is 81.9 cm³/mol. The first kappa shape index (κ1) is 16.8. The van der Waals surface area contributed by atoms with Gasteiger partial charge in [-0.1, -0.05) is 12.1 Å². The summed E-state index contributed by atoms with van der Waals surface area (Å²) in [5.41, 5.74) is 7.25. The molecule has 1 aromatic rings. The summed E-state index contributed by atoms with van der Waals surface area (Å²) in [6.07, 6.45) is 1.02. The quantitative estimate of drug-likeness (QED) is 0.673. The number of nitrogens with one attached hydrogen (secondary N) is 1. The summed E-state index contributed by atoms with van der Waals surface area (Å²) in [6, 6.07) is 7.38. The van der Waals surface area contributed by atoms with Crippen LogP contribution in [0.2, 0.25) is 0 Å². The van der Waals surface area contributed by atoms with Crippen LogP contribution in [0.15, 0.2) is 24.3 Å². The second-order valence-electron chi connectivity index (χ2n) is 4.39. The lowest BCUT2D eigenvalue weighted by Gasteiger charge is -2.06. The number of nitrogens with two attached hydrogens (primary N) is 1. The van der Waals surface area contributed by atoms with Crippen molar-refractivity contribution in [3.05, 3.63) is 29.8 Å². The van der Waals surface area contributed by atoms with Crippen molar-refractivity contribution in [1.29, 1.82) is 0 Å². The lowest BCUT2D eigenvalue weighted by atomic mass is 10.2. The number of benzene rings is 1. The smallest absolute Gasteiger partial charge is 0.225 e. The monoisotopic (exact) mass is 298 g/mol. The summed E-state index contributed by atoms with van der Waals surface area (Å²) in [5, 5.41) is 2.78. The molecule has 3 N–H and O–H groups in total. The second kappa shape index (κ2) is 9.63. The van der Waals surface area contributed by atoms with Crippen LogP contribution >= 0.6 is 0 Å². The van der Waals surface area contributed by atoms with E-state index in [0.717, 1.165) is 17.7 Å². The number of carbonyl (C=O) groups is 1. The van der Waals surface area contributed by atoms with Crippen LogP contribution in [0.1, 0.15) is 18.4 Å². The Morgan fingerprint density at radius 2 is 2.00 bits per heavy atom. The normalized spacial score (nSPS) is 12.1. The molecule has 0 aliphatic heterocycles. The van der Waals surface area contributed by atoms with E-state index < -0.39 is 10.8 Å². The highest BCUT2D eigenvalue weighted by molar-refractivity contribution is 7.84. The zero-order valence-corrected chi connectivity index (χ0v) is 12.6. The van der Waals surface area contributed by atoms with Crippen LogP contribution in [0.4, 0.5) is 5.69 Å². The third kappa shape index (κ3) is 6.79. The minimum Gasteiger partial charge on any atom is -0.385 e. The van der Waals surface area contributed by atoms with Crippen molar-refractivity contribution in [2.75, 3.05) is 30.5 Å². The van der Waals surface area contributed by atoms with Gasteiger partial charge in [-0.2, -0.15) is 0 Å². The Morgan fingerprint density at radius 1 is 1.30 bits per heavy atom. The summed E-state index contributed by atoms with van der Waals surface area (Å²) >= 11 is 0. The molecule has 20 heavy (non-hydrogen) atoms. The van der Waals surface area contributed by atoms with Crippen LogP contribution in [0, 0.1) is 0 Å². The van der Waals surface area contributed by atoms with Crippen molar-refractivity contribution >= 4 is 22.4 Å². The number of ether oxygens (including phenoxy) is 1. The van der Waals surface area contributed by atoms with Crippen molar-refractivity contribution in [2.24, 2.45) is 5.73 Å². The van der Waals surface area contributed by atoms with Crippen molar-refractivity contribution in [1.82, 2.24) is 0 Å². The standard InChI is InChI=1S/C14H22N2O3S/c1-19-8-2-9-20(18)10-7-14(17)16-13-5-3-12(11-15)4-6-13/h3-6H,2,7-11,15H2,1H3,(H,16,17). The van der Waals surface area contributed by atoms with Crippen molar-refractivity contribution in [2.45, 2.75) is 19.4 Å². The van der Waals surface area contributed by atoms with E-state index in [0.29, 0.717) is 24.7 Å². The van der Waals surface area contributed by atoms with Crippen LogP contribution in [-0.2, 0) is 26.9 Å². The van der Waals surface area contributed by atoms with Gasteiger partial charge in [0.15, 0.2) is 0 Å². The van der Waals surface area contributed by atoms with Gasteiger partial charge in [-0.3, -0.25) is 9.00 Å². The molecule has 0 saturated heterocycles. The van der Waals surface area contributed by atoms with E-state index in [1.54, 1.807) is 7.11 Å². The maximum absolute atomic E-state index is 11.7. The fourth-order valence-corrected chi connectivity index (χ4v) is 2.68. The first-order valence-electron chi connectivity index (χ1n) is 6.58. The van der Waals surface area contributed by atoms with Gasteiger partial charge in [0, 0.05) is 54.7 Å². The highest BCUT2D eigenvalue weighted by Crippen LogP contribution is 2.09. The van der Waals surface area contributed by atoms with Gasteiger partial charge >= 0.3 is 0 Å². The second-order valence-corrected chi connectivity index (χ2v) is 6.09. The fraction of sp³-hybridized carbons (Fsp3) is 0.500. The summed E-state index contributed by atoms with van der Waals surface area (Å²) in [7, 11) is 0.655. The molecule has 0 aromatic heterocycles. The lowest BCUT2D eigenvalue weighted by molar-refractivity contribution is -0.115. The maximum atomic E-state index is 11.7. The Balaban J connectivity index is 2.27. The molecule has 0 fully saturated rings. The average Bonchev–Trinajstić information content (AvgIpc) is 2.46. The molecule has 0 bridgehead atoms. The van der Waals surface area contributed by atoms with Gasteiger partial charge in [0.1, 0.15) is 0 Å². The molecule has 1 aromatic carbocycles. The molecule has 0 spiro atoms. The first-order chi connectivity index (χ1) is 9.65. The summed E-state index contributed by atoms with van der Waals surface area (Å²) in [5.74, 6) is 0.841. The van der Waals surface area contributed by atoms with E-state index >= 15 is 0 Å². The van der Waals surface area contributed by atoms with Crippen molar-refractivity contribution < 1.29 is 13.7 Å². The zero-order valence-electron chi connectivity index (χ0n) is 11.8. The number of hydrogen-bond donors (Lipinski definition) is 2. The van der Waals surface area contributed by atoms with Gasteiger partial charge in [0.25, 0.3) is 0 Å². The minimum atomic E-state index is -0.963. The third-order valence-electron chi connectivity index (χ3n) is 2.75. The largest absolute Gasteiger partial charge is 0.385 e. The summed E-state index contributed by atoms with van der Waals surface area (Å²) < 4.78 is 16.5. The topological polar surface area (TPSA) is 81.4 Å². The molecule has 6 heteroatoms. The van der Waals surface area contributed by atoms with E-state index in [2.05, 4.69) is 5.32 Å². The van der Waals surface area contributed by atoms with E-state index in [1.807, 2.05) is 24.3 Å². The fourth-order valence-electron chi connectivity index (χ4n) is 1.62. The summed E-state index contributed by atoms with van der Waals surface area (Å²) in [4.78, 5) is 11.7. The van der Waals surface area contributed by atoms with Crippen molar-refractivity contribution in [3.8, 4) is 0 Å². The Hall–Kier alpha value is -1.24. The predicted octanol–water partition coefficient (Wildman–Crippen LogP) is 1.26. The summed E-state index contributed by atoms with van der Waals surface area (Å²) in [6.45, 7) is 1.08. The first-order valence-corrected chi connectivity index (χ1v) is 8.07. The zero-order chi connectivity index (χ0) is 14.8. The third-order valence-corrected chi connectivity index (χ3v) is 4.15. The Kier molecular flexibility index (Phi) is 8.10. The molecule has 1 atom stereocenters. The van der Waals surface area contributed by atoms with E-state index in [4.69, 9.17) is 10.5 Å². The number of methoxy groups -OCH3 is 1. The Labute approximate surface area is 122 Å². The molecule has 0 heterocycles. The van der Waals surface area contributed by atoms with Gasteiger partial charge in [0.05, 0.1) is 0 Å². The molecule has 1 amide bonds. The molecule has 0 aliphatic rings. The molecule has 0 aliphatic carbocycles. The van der Waals surface area contributed by atoms with Gasteiger partial charge < -0.3 is 15.8 Å². The van der Waals surface area contributed by atoms with Crippen LogP contribution in [-0.4, -0.2) is 35.3 Å². The highest BCUT2D eigenvalue weighted by Gasteiger charge is 2.06. The number of anilines is 1. The SMILES string of the molecule is COCCCS(=O)CCC(=O)Nc1ccc(CN)cc1. The van der Waals surface area contributed by atoms with Crippen LogP contribution in [0.25, 0.3) is 0 Å². The van der Waals surface area contributed by atoms with Gasteiger partial charge in [-0.05, 0) is 24.1 Å².